The fourth-order valence-electron chi connectivity index (χ4n) is 10.3. The van der Waals surface area contributed by atoms with Crippen LogP contribution < -0.4 is 0 Å². The van der Waals surface area contributed by atoms with E-state index in [-0.39, 0.29) is 47.9 Å². The summed E-state index contributed by atoms with van der Waals surface area (Å²) in [6.07, 6.45) is 7.57. The average molecular weight is 587 g/mol. The van der Waals surface area contributed by atoms with Crippen molar-refractivity contribution in [3.63, 3.8) is 0 Å². The van der Waals surface area contributed by atoms with E-state index in [1.807, 2.05) is 13.1 Å². The van der Waals surface area contributed by atoms with Gasteiger partial charge in [-0.2, -0.15) is 5.26 Å². The van der Waals surface area contributed by atoms with Crippen molar-refractivity contribution in [2.24, 2.45) is 33.6 Å². The average Bonchev–Trinajstić information content (AvgIpc) is 3.50. The van der Waals surface area contributed by atoms with Gasteiger partial charge in [0.05, 0.1) is 35.6 Å². The molecule has 12 atom stereocenters. The van der Waals surface area contributed by atoms with E-state index in [4.69, 9.17) is 18.9 Å². The van der Waals surface area contributed by atoms with Gasteiger partial charge in [0.15, 0.2) is 6.29 Å². The predicted molar refractivity (Wildman–Crippen MR) is 151 cm³/mol. The molecule has 232 valence electrons. The summed E-state index contributed by atoms with van der Waals surface area (Å²) < 4.78 is 23.1. The lowest BCUT2D eigenvalue weighted by molar-refractivity contribution is -0.284. The van der Waals surface area contributed by atoms with Crippen LogP contribution in [0.3, 0.4) is 0 Å². The number of fused-ring (bicyclic) bond motifs is 5. The molecule has 0 radical (unpaired) electrons. The zero-order valence-corrected chi connectivity index (χ0v) is 25.0. The number of carbonyl (C=O) groups is 1. The first-order valence-electron chi connectivity index (χ1n) is 15.7. The van der Waals surface area contributed by atoms with E-state index in [0.29, 0.717) is 51.6 Å². The molecule has 5 fully saturated rings. The van der Waals surface area contributed by atoms with Crippen molar-refractivity contribution < 1.29 is 39.1 Å². The van der Waals surface area contributed by atoms with Gasteiger partial charge in [-0.3, -0.25) is 4.99 Å². The number of nitriles is 1. The highest BCUT2D eigenvalue weighted by Gasteiger charge is 2.71. The summed E-state index contributed by atoms with van der Waals surface area (Å²) in [4.78, 5) is 16.4. The van der Waals surface area contributed by atoms with Crippen LogP contribution in [-0.2, 0) is 23.7 Å². The molecule has 6 aliphatic rings. The highest BCUT2D eigenvalue weighted by Crippen LogP contribution is 2.70. The monoisotopic (exact) mass is 586 g/mol. The Morgan fingerprint density at radius 1 is 1.17 bits per heavy atom. The van der Waals surface area contributed by atoms with Crippen LogP contribution in [0.2, 0.25) is 0 Å². The lowest BCUT2D eigenvalue weighted by atomic mass is 9.41. The Labute approximate surface area is 248 Å². The molecule has 1 saturated heterocycles. The van der Waals surface area contributed by atoms with Crippen LogP contribution >= 0.6 is 0 Å². The molecule has 6 rings (SSSR count). The number of aliphatic imine (C=N–C) groups is 1. The third-order valence-corrected chi connectivity index (χ3v) is 12.4. The molecule has 0 aromatic carbocycles. The Hall–Kier alpha value is -1.87. The Balaban J connectivity index is 1.26. The van der Waals surface area contributed by atoms with E-state index in [9.17, 15) is 25.4 Å². The summed E-state index contributed by atoms with van der Waals surface area (Å²) in [5.74, 6) is -0.229. The van der Waals surface area contributed by atoms with Gasteiger partial charge in [0.25, 0.3) is 0 Å². The third-order valence-electron chi connectivity index (χ3n) is 12.4. The Morgan fingerprint density at radius 3 is 2.67 bits per heavy atom. The normalized spacial score (nSPS) is 50.4. The van der Waals surface area contributed by atoms with E-state index >= 15 is 0 Å². The number of hydrogen-bond donors (Lipinski definition) is 3. The first-order valence-corrected chi connectivity index (χ1v) is 15.7. The van der Waals surface area contributed by atoms with E-state index in [2.05, 4.69) is 18.0 Å². The maximum Gasteiger partial charge on any atom is 0.331 e. The second-order valence-electron chi connectivity index (χ2n) is 14.0. The molecule has 10 heteroatoms. The second kappa shape index (κ2) is 10.9. The zero-order chi connectivity index (χ0) is 29.9. The Bertz CT molecular complexity index is 1170. The van der Waals surface area contributed by atoms with Gasteiger partial charge in [0.1, 0.15) is 19.3 Å². The predicted octanol–water partition coefficient (Wildman–Crippen LogP) is 2.83. The van der Waals surface area contributed by atoms with E-state index < -0.39 is 35.1 Å². The van der Waals surface area contributed by atoms with Crippen molar-refractivity contribution >= 4 is 12.2 Å². The minimum Gasteiger partial charge on any atom is -0.458 e. The zero-order valence-electron chi connectivity index (χ0n) is 25.0. The van der Waals surface area contributed by atoms with Gasteiger partial charge in [0.2, 0.25) is 0 Å². The minimum absolute atomic E-state index is 0.00544. The summed E-state index contributed by atoms with van der Waals surface area (Å²) in [6.45, 7) is 4.32. The summed E-state index contributed by atoms with van der Waals surface area (Å²) in [5.41, 5.74) is -2.10. The largest absolute Gasteiger partial charge is 0.458 e. The Kier molecular flexibility index (Phi) is 7.85. The van der Waals surface area contributed by atoms with Crippen molar-refractivity contribution in [1.29, 1.82) is 5.26 Å². The second-order valence-corrected chi connectivity index (χ2v) is 14.0. The summed E-state index contributed by atoms with van der Waals surface area (Å²) in [7, 11) is 1.58. The number of hydrogen-bond acceptors (Lipinski definition) is 10. The molecule has 4 aliphatic carbocycles. The van der Waals surface area contributed by atoms with Crippen molar-refractivity contribution in [2.75, 3.05) is 20.3 Å². The molecule has 0 spiro atoms. The molecular weight excluding hydrogens is 540 g/mol. The summed E-state index contributed by atoms with van der Waals surface area (Å²) in [5, 5.41) is 44.7. The highest BCUT2D eigenvalue weighted by molar-refractivity contribution is 5.85. The number of aliphatic hydroxyl groups is 3. The van der Waals surface area contributed by atoms with E-state index in [0.717, 1.165) is 24.8 Å². The van der Waals surface area contributed by atoms with Crippen molar-refractivity contribution in [3.8, 4) is 6.07 Å². The molecule has 10 nitrogen and oxygen atoms in total. The number of carbonyl (C=O) groups excluding carboxylic acids is 1. The van der Waals surface area contributed by atoms with Crippen LogP contribution in [-0.4, -0.2) is 89.7 Å². The van der Waals surface area contributed by atoms with Crippen LogP contribution in [0.25, 0.3) is 0 Å². The van der Waals surface area contributed by atoms with Gasteiger partial charge < -0.3 is 34.3 Å². The molecule has 0 aromatic heterocycles. The number of aliphatic hydroxyl groups excluding tert-OH is 1. The molecule has 0 amide bonds. The van der Waals surface area contributed by atoms with Gasteiger partial charge in [-0.15, -0.1) is 0 Å². The van der Waals surface area contributed by atoms with Crippen LogP contribution in [0.4, 0.5) is 0 Å². The quantitative estimate of drug-likeness (QED) is 0.185. The Morgan fingerprint density at radius 2 is 1.95 bits per heavy atom. The SMILES string of the molecule is COC1CC(OC2CCC3(C=NCC#N)C4CCC5(C)C(C6=CC(=O)OC6)CCC5(O)C4CCC3(O)C2)OC(C)C1O. The molecule has 0 bridgehead atoms. The molecule has 3 N–H and O–H groups in total. The van der Waals surface area contributed by atoms with Gasteiger partial charge in [-0.1, -0.05) is 6.92 Å². The molecule has 42 heavy (non-hydrogen) atoms. The highest BCUT2D eigenvalue weighted by atomic mass is 16.7. The van der Waals surface area contributed by atoms with Crippen LogP contribution in [0, 0.1) is 39.9 Å². The first-order chi connectivity index (χ1) is 20.0. The fraction of sp³-hybridized carbons (Fsp3) is 0.844. The van der Waals surface area contributed by atoms with Gasteiger partial charge in [-0.05, 0) is 81.6 Å². The fourth-order valence-corrected chi connectivity index (χ4v) is 10.3. The molecule has 2 aliphatic heterocycles. The molecule has 4 saturated carbocycles. The number of rotatable bonds is 6. The van der Waals surface area contributed by atoms with Crippen LogP contribution in [0.5, 0.6) is 0 Å². The molecule has 12 unspecified atom stereocenters. The van der Waals surface area contributed by atoms with Crippen LogP contribution in [0.1, 0.15) is 78.1 Å². The number of methoxy groups -OCH3 is 1. The number of ether oxygens (including phenoxy) is 4. The van der Waals surface area contributed by atoms with E-state index in [1.54, 1.807) is 13.2 Å². The van der Waals surface area contributed by atoms with Crippen LogP contribution in [0.15, 0.2) is 16.6 Å². The summed E-state index contributed by atoms with van der Waals surface area (Å²) >= 11 is 0. The minimum atomic E-state index is -1.10. The van der Waals surface area contributed by atoms with Crippen molar-refractivity contribution in [2.45, 2.75) is 120 Å². The van der Waals surface area contributed by atoms with E-state index in [1.165, 1.54) is 0 Å². The lowest BCUT2D eigenvalue weighted by Gasteiger charge is -2.66. The number of cyclic esters (lactones) is 1. The summed E-state index contributed by atoms with van der Waals surface area (Å²) in [6, 6.07) is 2.11. The molecule has 0 aromatic rings. The lowest BCUT2D eigenvalue weighted by Crippen LogP contribution is -2.69. The first kappa shape index (κ1) is 30.2. The third kappa shape index (κ3) is 4.50. The van der Waals surface area contributed by atoms with Gasteiger partial charge >= 0.3 is 5.97 Å². The maximum absolute atomic E-state index is 12.6. The number of nitrogens with zero attached hydrogens (tertiary/aromatic N) is 2. The van der Waals surface area contributed by atoms with Gasteiger partial charge in [0, 0.05) is 43.1 Å². The smallest absolute Gasteiger partial charge is 0.331 e. The van der Waals surface area contributed by atoms with Crippen molar-refractivity contribution in [1.82, 2.24) is 0 Å². The van der Waals surface area contributed by atoms with Gasteiger partial charge in [-0.25, -0.2) is 4.79 Å². The maximum atomic E-state index is 12.6. The standard InChI is InChI=1S/C32H46N2O8/c1-19-28(36)25(39-3)15-27(41-19)42-21-4-9-30(18-34-13-12-33)23-5-8-29(2)22(20-14-26(35)40-17-20)7-11-32(29,38)24(23)6-10-31(30,37)16-21/h14,18-19,21-25,27-28,36-38H,4-11,13,15-17H2,1-3H3. The molecule has 2 heterocycles. The van der Waals surface area contributed by atoms with Crippen molar-refractivity contribution in [3.05, 3.63) is 11.6 Å². The number of esters is 1. The topological polar surface area (TPSA) is 151 Å². The molecular formula is C32H46N2O8.